The molecular weight excluding hydrogens is 236 g/mol. The van der Waals surface area contributed by atoms with Gasteiger partial charge in [0.15, 0.2) is 0 Å². The molecule has 2 heterocycles. The molecular formula is C16H20N2O. The van der Waals surface area contributed by atoms with Crippen molar-refractivity contribution in [2.24, 2.45) is 5.92 Å². The Morgan fingerprint density at radius 2 is 2.21 bits per heavy atom. The molecule has 0 aliphatic carbocycles. The lowest BCUT2D eigenvalue weighted by Crippen LogP contribution is -2.24. The van der Waals surface area contributed by atoms with Crippen LogP contribution >= 0.6 is 0 Å². The van der Waals surface area contributed by atoms with Crippen molar-refractivity contribution in [3.05, 3.63) is 36.0 Å². The van der Waals surface area contributed by atoms with Crippen LogP contribution in [0.1, 0.15) is 31.9 Å². The zero-order chi connectivity index (χ0) is 13.2. The first-order valence-electron chi connectivity index (χ1n) is 7.10. The Bertz CT molecular complexity index is 554. The van der Waals surface area contributed by atoms with E-state index in [1.54, 1.807) is 0 Å². The molecule has 19 heavy (non-hydrogen) atoms. The summed E-state index contributed by atoms with van der Waals surface area (Å²) in [5.41, 5.74) is 2.28. The minimum atomic E-state index is 0.303. The van der Waals surface area contributed by atoms with Crippen molar-refractivity contribution in [3.8, 4) is 0 Å². The maximum atomic E-state index is 12.0. The van der Waals surface area contributed by atoms with Crippen LogP contribution in [0.25, 0.3) is 10.9 Å². The molecule has 0 bridgehead atoms. The number of likely N-dealkylation sites (tertiary alicyclic amines) is 1. The fourth-order valence-electron chi connectivity index (χ4n) is 3.03. The van der Waals surface area contributed by atoms with E-state index in [1.165, 1.54) is 5.39 Å². The first-order valence-corrected chi connectivity index (χ1v) is 7.10. The van der Waals surface area contributed by atoms with Gasteiger partial charge in [-0.1, -0.05) is 31.5 Å². The lowest BCUT2D eigenvalue weighted by Gasteiger charge is -2.15. The van der Waals surface area contributed by atoms with Crippen LogP contribution in [0.5, 0.6) is 0 Å². The molecule has 3 heteroatoms. The fourth-order valence-corrected chi connectivity index (χ4v) is 3.03. The number of nitrogens with zero attached hydrogens (tertiary/aromatic N) is 1. The van der Waals surface area contributed by atoms with Gasteiger partial charge in [0.2, 0.25) is 5.91 Å². The van der Waals surface area contributed by atoms with E-state index >= 15 is 0 Å². The third-order valence-electron chi connectivity index (χ3n) is 3.94. The van der Waals surface area contributed by atoms with Crippen molar-refractivity contribution in [1.82, 2.24) is 9.88 Å². The van der Waals surface area contributed by atoms with E-state index in [0.717, 1.165) is 37.0 Å². The van der Waals surface area contributed by atoms with E-state index in [1.807, 2.05) is 17.0 Å². The van der Waals surface area contributed by atoms with Crippen molar-refractivity contribution < 1.29 is 4.79 Å². The fraction of sp³-hybridized carbons (Fsp3) is 0.438. The Morgan fingerprint density at radius 3 is 3.00 bits per heavy atom. The van der Waals surface area contributed by atoms with Crippen LogP contribution in [0.15, 0.2) is 30.3 Å². The number of carbonyl (C=O) groups excluding carboxylic acids is 1. The van der Waals surface area contributed by atoms with Crippen molar-refractivity contribution >= 4 is 16.8 Å². The molecule has 1 amide bonds. The summed E-state index contributed by atoms with van der Waals surface area (Å²) in [6.45, 7) is 3.82. The van der Waals surface area contributed by atoms with Gasteiger partial charge in [-0.3, -0.25) is 4.79 Å². The molecule has 1 saturated heterocycles. The van der Waals surface area contributed by atoms with Gasteiger partial charge in [-0.05, 0) is 29.9 Å². The van der Waals surface area contributed by atoms with Gasteiger partial charge in [-0.25, -0.2) is 0 Å². The van der Waals surface area contributed by atoms with Gasteiger partial charge in [0.25, 0.3) is 0 Å². The summed E-state index contributed by atoms with van der Waals surface area (Å²) in [5, 5.41) is 1.22. The molecule has 1 unspecified atom stereocenters. The zero-order valence-electron chi connectivity index (χ0n) is 11.4. The maximum absolute atomic E-state index is 12.0. The highest BCUT2D eigenvalue weighted by atomic mass is 16.2. The molecule has 1 atom stereocenters. The Hall–Kier alpha value is -1.77. The Morgan fingerprint density at radius 1 is 1.37 bits per heavy atom. The second-order valence-electron chi connectivity index (χ2n) is 5.51. The highest BCUT2D eigenvalue weighted by Gasteiger charge is 2.28. The number of fused-ring (bicyclic) bond motifs is 1. The maximum Gasteiger partial charge on any atom is 0.223 e. The molecule has 1 aromatic carbocycles. The molecule has 2 aromatic rings. The SMILES string of the molecule is CCCC1CC(=O)N(Cc2cc3ccccc3[nH]2)C1. The molecule has 1 aromatic heterocycles. The number of amides is 1. The summed E-state index contributed by atoms with van der Waals surface area (Å²) < 4.78 is 0. The van der Waals surface area contributed by atoms with E-state index in [4.69, 9.17) is 0 Å². The molecule has 1 aliphatic rings. The Balaban J connectivity index is 1.72. The van der Waals surface area contributed by atoms with Crippen LogP contribution in [-0.4, -0.2) is 22.3 Å². The number of nitrogens with one attached hydrogen (secondary N) is 1. The van der Waals surface area contributed by atoms with Crippen molar-refractivity contribution in [1.29, 1.82) is 0 Å². The monoisotopic (exact) mass is 256 g/mol. The molecule has 3 rings (SSSR count). The topological polar surface area (TPSA) is 36.1 Å². The summed E-state index contributed by atoms with van der Waals surface area (Å²) in [5.74, 6) is 0.860. The van der Waals surface area contributed by atoms with Crippen LogP contribution in [0, 0.1) is 5.92 Å². The van der Waals surface area contributed by atoms with Crippen molar-refractivity contribution in [2.45, 2.75) is 32.7 Å². The smallest absolute Gasteiger partial charge is 0.223 e. The number of para-hydroxylation sites is 1. The highest BCUT2D eigenvalue weighted by molar-refractivity contribution is 5.81. The Kier molecular flexibility index (Phi) is 3.28. The number of carbonyl (C=O) groups is 1. The van der Waals surface area contributed by atoms with Gasteiger partial charge in [0.1, 0.15) is 0 Å². The standard InChI is InChI=1S/C16H20N2O/c1-2-5-12-8-16(19)18(10-12)11-14-9-13-6-3-4-7-15(13)17-14/h3-4,6-7,9,12,17H,2,5,8,10-11H2,1H3. The number of hydrogen-bond acceptors (Lipinski definition) is 1. The van der Waals surface area contributed by atoms with Gasteiger partial charge in [-0.2, -0.15) is 0 Å². The van der Waals surface area contributed by atoms with E-state index in [9.17, 15) is 4.79 Å². The van der Waals surface area contributed by atoms with E-state index in [0.29, 0.717) is 18.4 Å². The summed E-state index contributed by atoms with van der Waals surface area (Å²) >= 11 is 0. The predicted molar refractivity (Wildman–Crippen MR) is 76.7 cm³/mol. The quantitative estimate of drug-likeness (QED) is 0.895. The van der Waals surface area contributed by atoms with E-state index in [2.05, 4.69) is 30.1 Å². The number of aromatic nitrogens is 1. The second kappa shape index (κ2) is 5.08. The second-order valence-corrected chi connectivity index (χ2v) is 5.51. The number of benzene rings is 1. The molecule has 1 aliphatic heterocycles. The van der Waals surface area contributed by atoms with Crippen LogP contribution in [0.2, 0.25) is 0 Å². The van der Waals surface area contributed by atoms with E-state index < -0.39 is 0 Å². The largest absolute Gasteiger partial charge is 0.357 e. The van der Waals surface area contributed by atoms with Crippen LogP contribution in [0.3, 0.4) is 0 Å². The van der Waals surface area contributed by atoms with Gasteiger partial charge < -0.3 is 9.88 Å². The van der Waals surface area contributed by atoms with Crippen molar-refractivity contribution in [2.75, 3.05) is 6.54 Å². The molecule has 0 radical (unpaired) electrons. The minimum absolute atomic E-state index is 0.303. The zero-order valence-corrected chi connectivity index (χ0v) is 11.4. The van der Waals surface area contributed by atoms with E-state index in [-0.39, 0.29) is 0 Å². The summed E-state index contributed by atoms with van der Waals surface area (Å²) in [4.78, 5) is 17.4. The summed E-state index contributed by atoms with van der Waals surface area (Å²) in [7, 11) is 0. The molecule has 0 saturated carbocycles. The number of aromatic amines is 1. The minimum Gasteiger partial charge on any atom is -0.357 e. The van der Waals surface area contributed by atoms with Crippen LogP contribution in [-0.2, 0) is 11.3 Å². The van der Waals surface area contributed by atoms with Gasteiger partial charge >= 0.3 is 0 Å². The molecule has 3 nitrogen and oxygen atoms in total. The predicted octanol–water partition coefficient (Wildman–Crippen LogP) is 3.32. The third kappa shape index (κ3) is 2.50. The first-order chi connectivity index (χ1) is 9.26. The lowest BCUT2D eigenvalue weighted by atomic mass is 10.0. The lowest BCUT2D eigenvalue weighted by molar-refractivity contribution is -0.128. The van der Waals surface area contributed by atoms with Crippen molar-refractivity contribution in [3.63, 3.8) is 0 Å². The van der Waals surface area contributed by atoms with Gasteiger partial charge in [0.05, 0.1) is 6.54 Å². The van der Waals surface area contributed by atoms with Gasteiger partial charge in [-0.15, -0.1) is 0 Å². The number of H-pyrrole nitrogens is 1. The Labute approximate surface area is 113 Å². The third-order valence-corrected chi connectivity index (χ3v) is 3.94. The average Bonchev–Trinajstić information content (AvgIpc) is 2.94. The van der Waals surface area contributed by atoms with Gasteiger partial charge in [0, 0.05) is 24.2 Å². The van der Waals surface area contributed by atoms with Crippen LogP contribution < -0.4 is 0 Å². The highest BCUT2D eigenvalue weighted by Crippen LogP contribution is 2.24. The molecule has 1 fully saturated rings. The van der Waals surface area contributed by atoms with Crippen LogP contribution in [0.4, 0.5) is 0 Å². The number of rotatable bonds is 4. The molecule has 0 spiro atoms. The summed E-state index contributed by atoms with van der Waals surface area (Å²) in [6, 6.07) is 10.4. The first kappa shape index (κ1) is 12.3. The normalized spacial score (nSPS) is 19.5. The summed E-state index contributed by atoms with van der Waals surface area (Å²) in [6.07, 6.45) is 3.06. The molecule has 1 N–H and O–H groups in total. The molecule has 100 valence electrons. The number of hydrogen-bond donors (Lipinski definition) is 1. The average molecular weight is 256 g/mol.